The standard InChI is InChI=1S/C14H14F3NO2/c15-10-3-7(4-11(16)13(10)17)6-18-8-1-2-12(18)9(5-8)14(19)20/h3-4,8-9,12H,1-2,5-6H2,(H,19,20). The van der Waals surface area contributed by atoms with E-state index in [0.29, 0.717) is 12.0 Å². The molecule has 0 aliphatic carbocycles. The van der Waals surface area contributed by atoms with Crippen molar-refractivity contribution in [3.63, 3.8) is 0 Å². The fourth-order valence-electron chi connectivity index (χ4n) is 3.52. The Hall–Kier alpha value is -1.56. The Morgan fingerprint density at radius 1 is 1.25 bits per heavy atom. The van der Waals surface area contributed by atoms with Gasteiger partial charge in [0.25, 0.3) is 0 Å². The monoisotopic (exact) mass is 285 g/mol. The van der Waals surface area contributed by atoms with E-state index in [0.717, 1.165) is 25.0 Å². The zero-order valence-electron chi connectivity index (χ0n) is 10.7. The average molecular weight is 285 g/mol. The lowest BCUT2D eigenvalue weighted by molar-refractivity contribution is -0.142. The molecule has 2 aliphatic rings. The maximum atomic E-state index is 13.2. The third-order valence-electron chi connectivity index (χ3n) is 4.41. The molecular formula is C14H14F3NO2. The Balaban J connectivity index is 1.81. The van der Waals surface area contributed by atoms with Gasteiger partial charge in [0.05, 0.1) is 5.92 Å². The van der Waals surface area contributed by atoms with E-state index in [9.17, 15) is 18.0 Å². The second-order valence-corrected chi connectivity index (χ2v) is 5.52. The molecule has 1 N–H and O–H groups in total. The molecule has 0 saturated carbocycles. The van der Waals surface area contributed by atoms with Crippen LogP contribution >= 0.6 is 0 Å². The van der Waals surface area contributed by atoms with E-state index in [1.54, 1.807) is 0 Å². The number of hydrogen-bond donors (Lipinski definition) is 1. The molecule has 20 heavy (non-hydrogen) atoms. The minimum Gasteiger partial charge on any atom is -0.481 e. The summed E-state index contributed by atoms with van der Waals surface area (Å²) in [5.74, 6) is -5.12. The summed E-state index contributed by atoms with van der Waals surface area (Å²) in [5, 5.41) is 9.15. The summed E-state index contributed by atoms with van der Waals surface area (Å²) in [7, 11) is 0. The minimum atomic E-state index is -1.47. The number of fused-ring (bicyclic) bond motifs is 2. The largest absolute Gasteiger partial charge is 0.481 e. The lowest BCUT2D eigenvalue weighted by atomic mass is 9.89. The summed E-state index contributed by atoms with van der Waals surface area (Å²) in [6.07, 6.45) is 2.26. The van der Waals surface area contributed by atoms with Gasteiger partial charge in [0, 0.05) is 18.6 Å². The number of halogens is 3. The Morgan fingerprint density at radius 3 is 2.45 bits per heavy atom. The molecule has 3 atom stereocenters. The fourth-order valence-corrected chi connectivity index (χ4v) is 3.52. The highest BCUT2D eigenvalue weighted by Crippen LogP contribution is 2.42. The van der Waals surface area contributed by atoms with Gasteiger partial charge in [0.2, 0.25) is 0 Å². The summed E-state index contributed by atoms with van der Waals surface area (Å²) in [6.45, 7) is 0.257. The van der Waals surface area contributed by atoms with Gasteiger partial charge in [0.1, 0.15) is 0 Å². The number of carboxylic acids is 1. The number of rotatable bonds is 3. The van der Waals surface area contributed by atoms with Crippen LogP contribution in [0.3, 0.4) is 0 Å². The molecule has 3 rings (SSSR count). The van der Waals surface area contributed by atoms with Crippen LogP contribution in [0.5, 0.6) is 0 Å². The number of benzene rings is 1. The Labute approximate surface area is 114 Å². The van der Waals surface area contributed by atoms with Crippen molar-refractivity contribution in [3.05, 3.63) is 35.1 Å². The first-order valence-electron chi connectivity index (χ1n) is 6.59. The molecule has 0 aromatic heterocycles. The van der Waals surface area contributed by atoms with Gasteiger partial charge in [-0.1, -0.05) is 0 Å². The van der Waals surface area contributed by atoms with Crippen molar-refractivity contribution in [3.8, 4) is 0 Å². The molecule has 2 fully saturated rings. The van der Waals surface area contributed by atoms with Gasteiger partial charge < -0.3 is 5.11 Å². The van der Waals surface area contributed by atoms with Crippen LogP contribution in [0.1, 0.15) is 24.8 Å². The molecule has 0 spiro atoms. The van der Waals surface area contributed by atoms with Crippen LogP contribution < -0.4 is 0 Å². The van der Waals surface area contributed by atoms with Gasteiger partial charge in [0.15, 0.2) is 17.5 Å². The molecule has 2 bridgehead atoms. The van der Waals surface area contributed by atoms with Crippen LogP contribution in [0.2, 0.25) is 0 Å². The zero-order valence-corrected chi connectivity index (χ0v) is 10.7. The van der Waals surface area contributed by atoms with Crippen molar-refractivity contribution < 1.29 is 23.1 Å². The van der Waals surface area contributed by atoms with Crippen molar-refractivity contribution in [1.82, 2.24) is 4.90 Å². The highest BCUT2D eigenvalue weighted by atomic mass is 19.2. The third-order valence-corrected chi connectivity index (χ3v) is 4.41. The number of carboxylic acid groups (broad SMARTS) is 1. The van der Waals surface area contributed by atoms with E-state index in [1.165, 1.54) is 0 Å². The SMILES string of the molecule is O=C(O)C1CC2CCC1N2Cc1cc(F)c(F)c(F)c1. The van der Waals surface area contributed by atoms with Crippen LogP contribution in [0.4, 0.5) is 13.2 Å². The molecular weight excluding hydrogens is 271 g/mol. The second-order valence-electron chi connectivity index (χ2n) is 5.52. The van der Waals surface area contributed by atoms with Crippen molar-refractivity contribution in [2.75, 3.05) is 0 Å². The van der Waals surface area contributed by atoms with E-state index < -0.39 is 29.3 Å². The number of nitrogens with zero attached hydrogens (tertiary/aromatic N) is 1. The summed E-state index contributed by atoms with van der Waals surface area (Å²) >= 11 is 0. The van der Waals surface area contributed by atoms with Crippen molar-refractivity contribution in [1.29, 1.82) is 0 Å². The van der Waals surface area contributed by atoms with Crippen LogP contribution in [0.25, 0.3) is 0 Å². The Morgan fingerprint density at radius 2 is 1.90 bits per heavy atom. The van der Waals surface area contributed by atoms with Gasteiger partial charge in [-0.25, -0.2) is 13.2 Å². The molecule has 1 aromatic carbocycles. The minimum absolute atomic E-state index is 0.0892. The molecule has 0 radical (unpaired) electrons. The maximum Gasteiger partial charge on any atom is 0.308 e. The fraction of sp³-hybridized carbons (Fsp3) is 0.500. The van der Waals surface area contributed by atoms with Gasteiger partial charge in [-0.15, -0.1) is 0 Å². The van der Waals surface area contributed by atoms with Gasteiger partial charge in [-0.2, -0.15) is 0 Å². The molecule has 1 aromatic rings. The number of carbonyl (C=O) groups is 1. The predicted octanol–water partition coefficient (Wildman–Crippen LogP) is 2.54. The summed E-state index contributed by atoms with van der Waals surface area (Å²) in [6, 6.07) is 2.00. The lowest BCUT2D eigenvalue weighted by Gasteiger charge is -2.22. The summed E-state index contributed by atoms with van der Waals surface area (Å²) < 4.78 is 39.3. The Bertz CT molecular complexity index is 540. The molecule has 0 amide bonds. The number of hydrogen-bond acceptors (Lipinski definition) is 2. The summed E-state index contributed by atoms with van der Waals surface area (Å²) in [5.41, 5.74) is 0.337. The van der Waals surface area contributed by atoms with Gasteiger partial charge in [-0.05, 0) is 37.0 Å². The van der Waals surface area contributed by atoms with E-state index in [1.807, 2.05) is 4.90 Å². The molecule has 3 unspecified atom stereocenters. The topological polar surface area (TPSA) is 40.5 Å². The van der Waals surface area contributed by atoms with Crippen molar-refractivity contribution in [2.45, 2.75) is 37.9 Å². The first kappa shape index (κ1) is 13.4. The van der Waals surface area contributed by atoms with Crippen LogP contribution in [-0.2, 0) is 11.3 Å². The van der Waals surface area contributed by atoms with E-state index in [4.69, 9.17) is 5.11 Å². The third kappa shape index (κ3) is 2.08. The Kier molecular flexibility index (Phi) is 3.20. The number of aliphatic carboxylic acids is 1. The predicted molar refractivity (Wildman–Crippen MR) is 64.4 cm³/mol. The second kappa shape index (κ2) is 4.77. The van der Waals surface area contributed by atoms with Crippen LogP contribution in [-0.4, -0.2) is 28.1 Å². The zero-order chi connectivity index (χ0) is 14.4. The highest BCUT2D eigenvalue weighted by molar-refractivity contribution is 5.71. The van der Waals surface area contributed by atoms with Crippen molar-refractivity contribution in [2.24, 2.45) is 5.92 Å². The van der Waals surface area contributed by atoms with E-state index in [2.05, 4.69) is 0 Å². The molecule has 108 valence electrons. The molecule has 2 saturated heterocycles. The quantitative estimate of drug-likeness (QED) is 0.868. The lowest BCUT2D eigenvalue weighted by Crippen LogP contribution is -2.32. The van der Waals surface area contributed by atoms with Crippen LogP contribution in [0.15, 0.2) is 12.1 Å². The molecule has 2 heterocycles. The van der Waals surface area contributed by atoms with Crippen molar-refractivity contribution >= 4 is 5.97 Å². The van der Waals surface area contributed by atoms with E-state index in [-0.39, 0.29) is 18.6 Å². The van der Waals surface area contributed by atoms with Crippen LogP contribution in [0, 0.1) is 23.4 Å². The molecule has 2 aliphatic heterocycles. The van der Waals surface area contributed by atoms with E-state index >= 15 is 0 Å². The van der Waals surface area contributed by atoms with Gasteiger partial charge >= 0.3 is 5.97 Å². The highest BCUT2D eigenvalue weighted by Gasteiger charge is 2.48. The first-order chi connectivity index (χ1) is 9.47. The van der Waals surface area contributed by atoms with Gasteiger partial charge in [-0.3, -0.25) is 9.69 Å². The molecule has 3 nitrogen and oxygen atoms in total. The normalized spacial score (nSPS) is 29.1. The smallest absolute Gasteiger partial charge is 0.308 e. The first-order valence-corrected chi connectivity index (χ1v) is 6.59. The average Bonchev–Trinajstić information content (AvgIpc) is 2.93. The maximum absolute atomic E-state index is 13.2. The molecule has 6 heteroatoms. The summed E-state index contributed by atoms with van der Waals surface area (Å²) in [4.78, 5) is 13.1.